The van der Waals surface area contributed by atoms with Crippen molar-refractivity contribution in [3.8, 4) is 16.9 Å². The Morgan fingerprint density at radius 1 is 0.933 bits per heavy atom. The molecule has 0 radical (unpaired) electrons. The molecule has 2 aromatic carbocycles. The van der Waals surface area contributed by atoms with E-state index in [9.17, 15) is 0 Å². The van der Waals surface area contributed by atoms with Crippen LogP contribution in [0.4, 0.5) is 0 Å². The normalized spacial score (nSPS) is 10.0. The van der Waals surface area contributed by atoms with E-state index in [0.717, 1.165) is 5.56 Å². The molecule has 2 N–H and O–H groups in total. The zero-order chi connectivity index (χ0) is 10.7. The van der Waals surface area contributed by atoms with Crippen molar-refractivity contribution in [3.05, 3.63) is 54.1 Å². The number of nitrogens with two attached hydrogens (primary N) is 1. The van der Waals surface area contributed by atoms with E-state index in [1.54, 1.807) is 0 Å². The largest absolute Gasteiger partial charge is 0.412 e. The summed E-state index contributed by atoms with van der Waals surface area (Å²) in [4.78, 5) is 4.70. The van der Waals surface area contributed by atoms with E-state index in [1.807, 2.05) is 24.3 Å². The highest BCUT2D eigenvalue weighted by molar-refractivity contribution is 5.65. The van der Waals surface area contributed by atoms with Crippen LogP contribution in [0.2, 0.25) is 0 Å². The first-order valence-corrected chi connectivity index (χ1v) is 4.83. The van der Waals surface area contributed by atoms with Gasteiger partial charge in [0.1, 0.15) is 5.75 Å². The van der Waals surface area contributed by atoms with Gasteiger partial charge in [0.15, 0.2) is 0 Å². The van der Waals surface area contributed by atoms with Crippen LogP contribution in [0.1, 0.15) is 5.56 Å². The summed E-state index contributed by atoms with van der Waals surface area (Å²) in [5.41, 5.74) is 3.53. The van der Waals surface area contributed by atoms with E-state index in [1.165, 1.54) is 11.1 Å². The summed E-state index contributed by atoms with van der Waals surface area (Å²) in [6.07, 6.45) is 0. The number of rotatable bonds is 2. The molecule has 0 aromatic heterocycles. The molecule has 0 aliphatic carbocycles. The molecular formula is C13H13NO. The van der Waals surface area contributed by atoms with Crippen molar-refractivity contribution in [2.75, 3.05) is 0 Å². The van der Waals surface area contributed by atoms with Crippen LogP contribution >= 0.6 is 0 Å². The fourth-order valence-corrected chi connectivity index (χ4v) is 1.49. The maximum Gasteiger partial charge on any atom is 0.147 e. The lowest BCUT2D eigenvalue weighted by Gasteiger charge is -2.04. The molecule has 0 saturated heterocycles. The molecule has 15 heavy (non-hydrogen) atoms. The van der Waals surface area contributed by atoms with Crippen LogP contribution in [-0.2, 0) is 0 Å². The first kappa shape index (κ1) is 9.74. The highest BCUT2D eigenvalue weighted by Gasteiger charge is 1.98. The molecule has 0 amide bonds. The highest BCUT2D eigenvalue weighted by Crippen LogP contribution is 2.23. The highest BCUT2D eigenvalue weighted by atomic mass is 16.6. The zero-order valence-electron chi connectivity index (χ0n) is 8.60. The average molecular weight is 199 g/mol. The van der Waals surface area contributed by atoms with Crippen molar-refractivity contribution in [2.45, 2.75) is 6.92 Å². The maximum atomic E-state index is 5.12. The Kier molecular flexibility index (Phi) is 2.70. The van der Waals surface area contributed by atoms with Crippen molar-refractivity contribution in [1.82, 2.24) is 0 Å². The first-order chi connectivity index (χ1) is 7.29. The van der Waals surface area contributed by atoms with Gasteiger partial charge in [0.05, 0.1) is 0 Å². The topological polar surface area (TPSA) is 35.2 Å². The Morgan fingerprint density at radius 2 is 1.67 bits per heavy atom. The Labute approximate surface area is 89.3 Å². The van der Waals surface area contributed by atoms with Crippen LogP contribution in [-0.4, -0.2) is 0 Å². The van der Waals surface area contributed by atoms with E-state index >= 15 is 0 Å². The predicted molar refractivity (Wildman–Crippen MR) is 61.4 cm³/mol. The molecule has 0 unspecified atom stereocenters. The summed E-state index contributed by atoms with van der Waals surface area (Å²) in [7, 11) is 0. The number of hydrogen-bond acceptors (Lipinski definition) is 2. The first-order valence-electron chi connectivity index (χ1n) is 4.83. The Balaban J connectivity index is 2.40. The molecule has 0 saturated carbocycles. The molecule has 0 heterocycles. The molecule has 0 atom stereocenters. The van der Waals surface area contributed by atoms with Gasteiger partial charge in [0.2, 0.25) is 0 Å². The van der Waals surface area contributed by atoms with Gasteiger partial charge in [0.25, 0.3) is 0 Å². The molecule has 0 bridgehead atoms. The minimum Gasteiger partial charge on any atom is -0.412 e. The van der Waals surface area contributed by atoms with Crippen LogP contribution in [0.3, 0.4) is 0 Å². The van der Waals surface area contributed by atoms with Gasteiger partial charge in [0, 0.05) is 0 Å². The molecule has 2 rings (SSSR count). The Hall–Kier alpha value is -1.80. The van der Waals surface area contributed by atoms with Gasteiger partial charge in [-0.2, -0.15) is 5.90 Å². The van der Waals surface area contributed by atoms with Crippen molar-refractivity contribution < 1.29 is 4.84 Å². The van der Waals surface area contributed by atoms with Gasteiger partial charge in [-0.3, -0.25) is 0 Å². The van der Waals surface area contributed by atoms with Gasteiger partial charge < -0.3 is 4.84 Å². The lowest BCUT2D eigenvalue weighted by Crippen LogP contribution is -2.01. The van der Waals surface area contributed by atoms with Gasteiger partial charge in [-0.05, 0) is 30.2 Å². The van der Waals surface area contributed by atoms with Crippen LogP contribution in [0.25, 0.3) is 11.1 Å². The quantitative estimate of drug-likeness (QED) is 0.755. The molecule has 0 fully saturated rings. The lowest BCUT2D eigenvalue weighted by molar-refractivity contribution is 0.334. The van der Waals surface area contributed by atoms with Crippen LogP contribution in [0.15, 0.2) is 48.5 Å². The van der Waals surface area contributed by atoms with Gasteiger partial charge in [-0.15, -0.1) is 0 Å². The summed E-state index contributed by atoms with van der Waals surface area (Å²) in [6.45, 7) is 2.07. The predicted octanol–water partition coefficient (Wildman–Crippen LogP) is 2.91. The molecule has 76 valence electrons. The van der Waals surface area contributed by atoms with E-state index in [0.29, 0.717) is 5.75 Å². The molecule has 2 heteroatoms. The minimum absolute atomic E-state index is 0.674. The Morgan fingerprint density at radius 3 is 2.33 bits per heavy atom. The second-order valence-electron chi connectivity index (χ2n) is 3.51. The third-order valence-corrected chi connectivity index (χ3v) is 2.36. The SMILES string of the molecule is Cc1ccc(-c2cccc(ON)c2)cc1. The molecule has 0 aliphatic rings. The number of aryl methyl sites for hydroxylation is 1. The summed E-state index contributed by atoms with van der Waals surface area (Å²) in [6, 6.07) is 16.1. The molecule has 0 spiro atoms. The van der Waals surface area contributed by atoms with Crippen LogP contribution < -0.4 is 10.7 Å². The van der Waals surface area contributed by atoms with Crippen LogP contribution in [0.5, 0.6) is 5.75 Å². The number of hydrogen-bond donors (Lipinski definition) is 1. The Bertz CT molecular complexity index is 448. The van der Waals surface area contributed by atoms with E-state index < -0.39 is 0 Å². The van der Waals surface area contributed by atoms with Crippen molar-refractivity contribution >= 4 is 0 Å². The molecule has 2 nitrogen and oxygen atoms in total. The van der Waals surface area contributed by atoms with Crippen molar-refractivity contribution in [1.29, 1.82) is 0 Å². The standard InChI is InChI=1S/C13H13NO/c1-10-5-7-11(8-6-10)12-3-2-4-13(9-12)15-14/h2-9H,14H2,1H3. The van der Waals surface area contributed by atoms with E-state index in [2.05, 4.69) is 31.2 Å². The van der Waals surface area contributed by atoms with Crippen molar-refractivity contribution in [2.24, 2.45) is 5.90 Å². The molecule has 2 aromatic rings. The van der Waals surface area contributed by atoms with Crippen LogP contribution in [0, 0.1) is 6.92 Å². The second-order valence-corrected chi connectivity index (χ2v) is 3.51. The third kappa shape index (κ3) is 2.17. The molecular weight excluding hydrogens is 186 g/mol. The average Bonchev–Trinajstić information content (AvgIpc) is 2.30. The van der Waals surface area contributed by atoms with Gasteiger partial charge in [-0.25, -0.2) is 0 Å². The third-order valence-electron chi connectivity index (χ3n) is 2.36. The summed E-state index contributed by atoms with van der Waals surface area (Å²) >= 11 is 0. The maximum absolute atomic E-state index is 5.12. The van der Waals surface area contributed by atoms with E-state index in [-0.39, 0.29) is 0 Å². The monoisotopic (exact) mass is 199 g/mol. The summed E-state index contributed by atoms with van der Waals surface area (Å²) in [5.74, 6) is 5.80. The summed E-state index contributed by atoms with van der Waals surface area (Å²) in [5, 5.41) is 0. The number of benzene rings is 2. The minimum atomic E-state index is 0.674. The van der Waals surface area contributed by atoms with Gasteiger partial charge >= 0.3 is 0 Å². The smallest absolute Gasteiger partial charge is 0.147 e. The second kappa shape index (κ2) is 4.15. The fraction of sp³-hybridized carbons (Fsp3) is 0.0769. The zero-order valence-corrected chi connectivity index (χ0v) is 8.60. The summed E-state index contributed by atoms with van der Waals surface area (Å²) < 4.78 is 0. The lowest BCUT2D eigenvalue weighted by atomic mass is 10.0. The van der Waals surface area contributed by atoms with E-state index in [4.69, 9.17) is 10.7 Å². The fourth-order valence-electron chi connectivity index (χ4n) is 1.49. The van der Waals surface area contributed by atoms with Crippen molar-refractivity contribution in [3.63, 3.8) is 0 Å². The molecule has 0 aliphatic heterocycles. The van der Waals surface area contributed by atoms with Gasteiger partial charge in [-0.1, -0.05) is 42.0 Å².